The van der Waals surface area contributed by atoms with Gasteiger partial charge in [-0.2, -0.15) is 5.26 Å². The van der Waals surface area contributed by atoms with Crippen molar-refractivity contribution in [2.75, 3.05) is 7.11 Å². The molecule has 1 saturated carbocycles. The zero-order valence-electron chi connectivity index (χ0n) is 11.6. The third kappa shape index (κ3) is 2.59. The zero-order valence-corrected chi connectivity index (χ0v) is 11.6. The second-order valence-electron chi connectivity index (χ2n) is 5.59. The lowest BCUT2D eigenvalue weighted by atomic mass is 9.67. The molecule has 1 aliphatic rings. The third-order valence-corrected chi connectivity index (χ3v) is 4.35. The normalized spacial score (nSPS) is 28.4. The van der Waals surface area contributed by atoms with Crippen LogP contribution in [0.15, 0.2) is 24.3 Å². The van der Waals surface area contributed by atoms with Crippen molar-refractivity contribution in [2.45, 2.75) is 38.7 Å². The van der Waals surface area contributed by atoms with Crippen LogP contribution in [-0.2, 0) is 0 Å². The monoisotopic (exact) mass is 259 g/mol. The average Bonchev–Trinajstić information content (AvgIpc) is 2.47. The molecule has 3 heteroatoms. The Bertz CT molecular complexity index is 470. The van der Waals surface area contributed by atoms with E-state index in [2.05, 4.69) is 13.0 Å². The van der Waals surface area contributed by atoms with Crippen LogP contribution in [-0.4, -0.2) is 12.2 Å². The van der Waals surface area contributed by atoms with Crippen LogP contribution in [0.5, 0.6) is 5.75 Å². The van der Waals surface area contributed by atoms with Crippen LogP contribution in [0.2, 0.25) is 0 Å². The molecule has 19 heavy (non-hydrogen) atoms. The lowest BCUT2D eigenvalue weighted by molar-refractivity contribution is 0.0250. The summed E-state index contributed by atoms with van der Waals surface area (Å²) in [6, 6.07) is 9.80. The predicted octanol–water partition coefficient (Wildman–Crippen LogP) is 3.45. The molecule has 1 atom stereocenters. The molecule has 0 spiro atoms. The highest BCUT2D eigenvalue weighted by atomic mass is 16.5. The van der Waals surface area contributed by atoms with E-state index in [1.165, 1.54) is 0 Å². The van der Waals surface area contributed by atoms with Crippen molar-refractivity contribution in [3.8, 4) is 11.8 Å². The van der Waals surface area contributed by atoms with Gasteiger partial charge in [-0.15, -0.1) is 0 Å². The maximum Gasteiger partial charge on any atom is 0.124 e. The van der Waals surface area contributed by atoms with E-state index >= 15 is 0 Å². The summed E-state index contributed by atoms with van der Waals surface area (Å²) in [5, 5.41) is 20.3. The summed E-state index contributed by atoms with van der Waals surface area (Å²) >= 11 is 0. The predicted molar refractivity (Wildman–Crippen MR) is 73.6 cm³/mol. The number of benzene rings is 1. The van der Waals surface area contributed by atoms with E-state index in [-0.39, 0.29) is 0 Å². The molecule has 1 aliphatic carbocycles. The third-order valence-electron chi connectivity index (χ3n) is 4.35. The summed E-state index contributed by atoms with van der Waals surface area (Å²) in [7, 11) is 1.59. The van der Waals surface area contributed by atoms with Crippen LogP contribution in [0, 0.1) is 22.7 Å². The van der Waals surface area contributed by atoms with Gasteiger partial charge in [-0.25, -0.2) is 0 Å². The summed E-state index contributed by atoms with van der Waals surface area (Å²) in [6.07, 6.45) is 2.73. The lowest BCUT2D eigenvalue weighted by Crippen LogP contribution is -2.32. The van der Waals surface area contributed by atoms with Crippen LogP contribution >= 0.6 is 0 Å². The van der Waals surface area contributed by atoms with Crippen molar-refractivity contribution in [1.82, 2.24) is 0 Å². The van der Waals surface area contributed by atoms with E-state index in [1.54, 1.807) is 7.11 Å². The first-order chi connectivity index (χ1) is 9.13. The number of ether oxygens (including phenoxy) is 1. The maximum absolute atomic E-state index is 10.7. The minimum absolute atomic E-state index is 0.645. The van der Waals surface area contributed by atoms with Gasteiger partial charge in [0.2, 0.25) is 0 Å². The van der Waals surface area contributed by atoms with Gasteiger partial charge in [0.05, 0.1) is 18.6 Å². The molecule has 0 amide bonds. The smallest absolute Gasteiger partial charge is 0.124 e. The van der Waals surface area contributed by atoms with Crippen LogP contribution in [0.3, 0.4) is 0 Å². The first-order valence-corrected chi connectivity index (χ1v) is 6.85. The van der Waals surface area contributed by atoms with Gasteiger partial charge in [-0.05, 0) is 37.7 Å². The molecule has 1 N–H and O–H groups in total. The number of aliphatic hydroxyl groups excluding tert-OH is 1. The van der Waals surface area contributed by atoms with Gasteiger partial charge >= 0.3 is 0 Å². The molecule has 0 aliphatic heterocycles. The molecule has 3 nitrogen and oxygen atoms in total. The van der Waals surface area contributed by atoms with E-state index in [0.29, 0.717) is 11.7 Å². The Morgan fingerprint density at radius 3 is 2.58 bits per heavy atom. The average molecular weight is 259 g/mol. The number of rotatable bonds is 3. The fourth-order valence-corrected chi connectivity index (χ4v) is 2.91. The molecule has 1 aromatic carbocycles. The highest BCUT2D eigenvalue weighted by Crippen LogP contribution is 2.48. The first-order valence-electron chi connectivity index (χ1n) is 6.85. The molecular formula is C16H21NO2. The quantitative estimate of drug-likeness (QED) is 0.904. The largest absolute Gasteiger partial charge is 0.496 e. The molecule has 0 saturated heterocycles. The van der Waals surface area contributed by atoms with Gasteiger partial charge in [-0.3, -0.25) is 0 Å². The second kappa shape index (κ2) is 5.63. The molecule has 1 aromatic rings. The summed E-state index contributed by atoms with van der Waals surface area (Å²) in [4.78, 5) is 0. The van der Waals surface area contributed by atoms with E-state index < -0.39 is 11.5 Å². The molecule has 0 radical (unpaired) electrons. The van der Waals surface area contributed by atoms with Gasteiger partial charge in [0.25, 0.3) is 0 Å². The number of nitrogens with zero attached hydrogens (tertiary/aromatic N) is 1. The molecule has 1 fully saturated rings. The van der Waals surface area contributed by atoms with Crippen molar-refractivity contribution < 1.29 is 9.84 Å². The van der Waals surface area contributed by atoms with E-state index in [9.17, 15) is 10.4 Å². The van der Waals surface area contributed by atoms with E-state index in [1.807, 2.05) is 24.3 Å². The Labute approximate surface area is 114 Å². The van der Waals surface area contributed by atoms with Gasteiger partial charge < -0.3 is 9.84 Å². The standard InChI is InChI=1S/C16H21NO2/c1-12-7-9-16(11-17,10-8-12)15(18)13-5-3-4-6-14(13)19-2/h3-6,12,15,18H,7-10H2,1-2H3. The highest BCUT2D eigenvalue weighted by Gasteiger charge is 2.42. The van der Waals surface area contributed by atoms with Crippen LogP contribution < -0.4 is 4.74 Å². The van der Waals surface area contributed by atoms with Gasteiger partial charge in [0.15, 0.2) is 0 Å². The van der Waals surface area contributed by atoms with Crippen LogP contribution in [0.4, 0.5) is 0 Å². The molecule has 0 bridgehead atoms. The number of nitriles is 1. The van der Waals surface area contributed by atoms with Gasteiger partial charge in [0.1, 0.15) is 11.9 Å². The Morgan fingerprint density at radius 1 is 1.37 bits per heavy atom. The molecule has 102 valence electrons. The minimum Gasteiger partial charge on any atom is -0.496 e. The topological polar surface area (TPSA) is 53.2 Å². The SMILES string of the molecule is COc1ccccc1C(O)C1(C#N)CCC(C)CC1. The Balaban J connectivity index is 2.31. The fourth-order valence-electron chi connectivity index (χ4n) is 2.91. The van der Waals surface area contributed by atoms with Gasteiger partial charge in [0, 0.05) is 5.56 Å². The van der Waals surface area contributed by atoms with Crippen molar-refractivity contribution in [2.24, 2.45) is 11.3 Å². The first kappa shape index (κ1) is 13.9. The van der Waals surface area contributed by atoms with Crippen molar-refractivity contribution in [1.29, 1.82) is 5.26 Å². The molecule has 0 heterocycles. The maximum atomic E-state index is 10.7. The Hall–Kier alpha value is -1.53. The van der Waals surface area contributed by atoms with E-state index in [0.717, 1.165) is 31.2 Å². The molecule has 0 aromatic heterocycles. The highest BCUT2D eigenvalue weighted by molar-refractivity contribution is 5.37. The number of hydrogen-bond donors (Lipinski definition) is 1. The van der Waals surface area contributed by atoms with Crippen LogP contribution in [0.25, 0.3) is 0 Å². The Kier molecular flexibility index (Phi) is 4.11. The minimum atomic E-state index is -0.777. The summed E-state index contributed by atoms with van der Waals surface area (Å²) in [5.74, 6) is 1.30. The second-order valence-corrected chi connectivity index (χ2v) is 5.59. The molecule has 2 rings (SSSR count). The molecule has 1 unspecified atom stereocenters. The number of methoxy groups -OCH3 is 1. The summed E-state index contributed by atoms with van der Waals surface area (Å²) in [6.45, 7) is 2.21. The number of para-hydroxylation sites is 1. The fraction of sp³-hybridized carbons (Fsp3) is 0.562. The molecular weight excluding hydrogens is 238 g/mol. The van der Waals surface area contributed by atoms with Crippen molar-refractivity contribution in [3.63, 3.8) is 0 Å². The summed E-state index contributed by atoms with van der Waals surface area (Å²) < 4.78 is 5.30. The zero-order chi connectivity index (χ0) is 13.9. The van der Waals surface area contributed by atoms with Crippen molar-refractivity contribution in [3.05, 3.63) is 29.8 Å². The Morgan fingerprint density at radius 2 is 2.00 bits per heavy atom. The lowest BCUT2D eigenvalue weighted by Gasteiger charge is -2.37. The number of aliphatic hydroxyl groups is 1. The van der Waals surface area contributed by atoms with Gasteiger partial charge in [-0.1, -0.05) is 25.1 Å². The van der Waals surface area contributed by atoms with Crippen LogP contribution in [0.1, 0.15) is 44.3 Å². The number of hydrogen-bond acceptors (Lipinski definition) is 3. The van der Waals surface area contributed by atoms with E-state index in [4.69, 9.17) is 4.74 Å². The van der Waals surface area contributed by atoms with Crippen molar-refractivity contribution >= 4 is 0 Å². The summed E-state index contributed by atoms with van der Waals surface area (Å²) in [5.41, 5.74) is 0.0577.